The first-order chi connectivity index (χ1) is 15.0. The highest BCUT2D eigenvalue weighted by Crippen LogP contribution is 2.30. The van der Waals surface area contributed by atoms with E-state index in [0.29, 0.717) is 17.8 Å². The Hall–Kier alpha value is -3.62. The molecule has 0 fully saturated rings. The number of hydrogen-bond acceptors (Lipinski definition) is 4. The molecule has 2 amide bonds. The molecule has 158 valence electrons. The summed E-state index contributed by atoms with van der Waals surface area (Å²) in [6, 6.07) is 10.9. The number of nitrogens with one attached hydrogen (secondary N) is 2. The van der Waals surface area contributed by atoms with Crippen molar-refractivity contribution in [2.75, 3.05) is 5.32 Å². The third kappa shape index (κ3) is 3.56. The fraction of sp³-hybridized carbons (Fsp3) is 0.273. The third-order valence-corrected chi connectivity index (χ3v) is 5.73. The Morgan fingerprint density at radius 3 is 2.74 bits per heavy atom. The summed E-state index contributed by atoms with van der Waals surface area (Å²) in [5, 5.41) is 9.46. The second kappa shape index (κ2) is 7.57. The lowest BCUT2D eigenvalue weighted by Crippen LogP contribution is -2.43. The van der Waals surface area contributed by atoms with Crippen LogP contribution in [-0.2, 0) is 17.6 Å². The van der Waals surface area contributed by atoms with Crippen molar-refractivity contribution >= 4 is 17.5 Å². The van der Waals surface area contributed by atoms with Crippen molar-refractivity contribution in [2.45, 2.75) is 37.8 Å². The average Bonchev–Trinajstić information content (AvgIpc) is 3.30. The number of carbonyl (C=O) groups excluding carboxylic acids is 2. The Morgan fingerprint density at radius 1 is 1.13 bits per heavy atom. The normalized spacial score (nSPS) is 19.9. The zero-order valence-corrected chi connectivity index (χ0v) is 16.4. The zero-order valence-electron chi connectivity index (χ0n) is 16.4. The van der Waals surface area contributed by atoms with Crippen molar-refractivity contribution in [2.24, 2.45) is 0 Å². The van der Waals surface area contributed by atoms with E-state index in [0.717, 1.165) is 18.1 Å². The summed E-state index contributed by atoms with van der Waals surface area (Å²) in [5.41, 5.74) is 1.40. The van der Waals surface area contributed by atoms with E-state index in [-0.39, 0.29) is 30.4 Å². The zero-order chi connectivity index (χ0) is 21.5. The topological polar surface area (TPSA) is 88.9 Å². The monoisotopic (exact) mass is 423 g/mol. The molecule has 0 saturated carbocycles. The summed E-state index contributed by atoms with van der Waals surface area (Å²) in [7, 11) is 0. The Labute approximate surface area is 176 Å². The number of aryl methyl sites for hydroxylation is 2. The first kappa shape index (κ1) is 19.3. The lowest BCUT2D eigenvalue weighted by atomic mass is 10.1. The first-order valence-electron chi connectivity index (χ1n) is 10.1. The van der Waals surface area contributed by atoms with Crippen molar-refractivity contribution < 1.29 is 18.4 Å². The van der Waals surface area contributed by atoms with Gasteiger partial charge in [0.2, 0.25) is 11.7 Å². The molecule has 2 aromatic carbocycles. The average molecular weight is 423 g/mol. The first-order valence-corrected chi connectivity index (χ1v) is 10.1. The molecule has 0 bridgehead atoms. The van der Waals surface area contributed by atoms with E-state index in [2.05, 4.69) is 20.7 Å². The maximum atomic E-state index is 14.0. The number of hydrogen-bond donors (Lipinski definition) is 2. The van der Waals surface area contributed by atoms with Gasteiger partial charge in [-0.15, -0.1) is 5.10 Å². The van der Waals surface area contributed by atoms with Crippen LogP contribution in [-0.4, -0.2) is 32.6 Å². The lowest BCUT2D eigenvalue weighted by Gasteiger charge is -2.14. The highest BCUT2D eigenvalue weighted by atomic mass is 19.1. The molecule has 1 aromatic heterocycles. The molecule has 0 unspecified atom stereocenters. The molecule has 2 N–H and O–H groups in total. The molecular formula is C22H19F2N5O2. The van der Waals surface area contributed by atoms with Gasteiger partial charge in [0.1, 0.15) is 23.5 Å². The minimum absolute atomic E-state index is 0.0117. The standard InChI is InChI=1S/C22H19F2N5O2/c23-14-10-13-6-7-16(21(30)27-19(13)15(24)11-14)25-22(31)20-26-18-9-8-17(29(18)28-20)12-4-2-1-3-5-12/h1-5,10-11,16-17H,6-9H2,(H,25,31)(H,27,30)/t16-,17-/m0/s1. The van der Waals surface area contributed by atoms with E-state index in [9.17, 15) is 18.4 Å². The second-order valence-electron chi connectivity index (χ2n) is 7.74. The van der Waals surface area contributed by atoms with Gasteiger partial charge in [0.15, 0.2) is 0 Å². The summed E-state index contributed by atoms with van der Waals surface area (Å²) >= 11 is 0. The maximum Gasteiger partial charge on any atom is 0.291 e. The van der Waals surface area contributed by atoms with Crippen molar-refractivity contribution in [3.63, 3.8) is 0 Å². The molecule has 0 spiro atoms. The maximum absolute atomic E-state index is 14.0. The summed E-state index contributed by atoms with van der Waals surface area (Å²) in [4.78, 5) is 29.6. The second-order valence-corrected chi connectivity index (χ2v) is 7.74. The Morgan fingerprint density at radius 2 is 1.94 bits per heavy atom. The molecule has 0 aliphatic carbocycles. The number of halogens is 2. The smallest absolute Gasteiger partial charge is 0.291 e. The molecule has 5 rings (SSSR count). The fourth-order valence-electron chi connectivity index (χ4n) is 4.21. The van der Waals surface area contributed by atoms with Gasteiger partial charge in [0.25, 0.3) is 5.91 Å². The number of aromatic nitrogens is 3. The molecule has 0 radical (unpaired) electrons. The highest BCUT2D eigenvalue weighted by molar-refractivity contribution is 6.00. The van der Waals surface area contributed by atoms with Gasteiger partial charge in [-0.3, -0.25) is 9.59 Å². The highest BCUT2D eigenvalue weighted by Gasteiger charge is 2.31. The van der Waals surface area contributed by atoms with Gasteiger partial charge in [-0.2, -0.15) is 0 Å². The predicted molar refractivity (Wildman–Crippen MR) is 107 cm³/mol. The van der Waals surface area contributed by atoms with Crippen molar-refractivity contribution in [1.29, 1.82) is 0 Å². The number of anilines is 1. The molecule has 2 aliphatic rings. The van der Waals surface area contributed by atoms with Crippen LogP contribution in [0.25, 0.3) is 0 Å². The van der Waals surface area contributed by atoms with Crippen molar-refractivity contribution in [3.05, 3.63) is 76.9 Å². The SMILES string of the molecule is O=C(N[C@H]1CCc2cc(F)cc(F)c2NC1=O)c1nc2n(n1)[C@H](c1ccccc1)CC2. The molecule has 0 saturated heterocycles. The van der Waals surface area contributed by atoms with Crippen LogP contribution in [0.15, 0.2) is 42.5 Å². The lowest BCUT2D eigenvalue weighted by molar-refractivity contribution is -0.118. The van der Waals surface area contributed by atoms with Crippen LogP contribution in [0.2, 0.25) is 0 Å². The number of amides is 2. The van der Waals surface area contributed by atoms with Gasteiger partial charge in [0.05, 0.1) is 11.7 Å². The van der Waals surface area contributed by atoms with Gasteiger partial charge in [0, 0.05) is 12.5 Å². The molecule has 9 heteroatoms. The molecule has 3 aromatic rings. The Kier molecular flexibility index (Phi) is 4.72. The van der Waals surface area contributed by atoms with Crippen LogP contribution in [0, 0.1) is 11.6 Å². The summed E-state index contributed by atoms with van der Waals surface area (Å²) in [5.74, 6) is -1.98. The van der Waals surface area contributed by atoms with Crippen molar-refractivity contribution in [3.8, 4) is 0 Å². The number of nitrogens with zero attached hydrogens (tertiary/aromatic N) is 3. The quantitative estimate of drug-likeness (QED) is 0.678. The molecular weight excluding hydrogens is 404 g/mol. The minimum Gasteiger partial charge on any atom is -0.337 e. The third-order valence-electron chi connectivity index (χ3n) is 5.73. The van der Waals surface area contributed by atoms with Crippen LogP contribution >= 0.6 is 0 Å². The van der Waals surface area contributed by atoms with Gasteiger partial charge in [-0.1, -0.05) is 30.3 Å². The van der Waals surface area contributed by atoms with E-state index in [1.807, 2.05) is 30.3 Å². The summed E-state index contributed by atoms with van der Waals surface area (Å²) < 4.78 is 29.3. The number of benzene rings is 2. The Balaban J connectivity index is 1.32. The van der Waals surface area contributed by atoms with Crippen LogP contribution < -0.4 is 10.6 Å². The van der Waals surface area contributed by atoms with Crippen LogP contribution in [0.3, 0.4) is 0 Å². The summed E-state index contributed by atoms with van der Waals surface area (Å²) in [6.45, 7) is 0. The number of fused-ring (bicyclic) bond motifs is 2. The minimum atomic E-state index is -0.911. The van der Waals surface area contributed by atoms with Gasteiger partial charge < -0.3 is 10.6 Å². The van der Waals surface area contributed by atoms with Crippen LogP contribution in [0.1, 0.15) is 46.5 Å². The Bertz CT molecular complexity index is 1180. The van der Waals surface area contributed by atoms with E-state index < -0.39 is 29.5 Å². The molecule has 2 atom stereocenters. The van der Waals surface area contributed by atoms with Crippen LogP contribution in [0.5, 0.6) is 0 Å². The van der Waals surface area contributed by atoms with Crippen LogP contribution in [0.4, 0.5) is 14.5 Å². The van der Waals surface area contributed by atoms with E-state index >= 15 is 0 Å². The fourth-order valence-corrected chi connectivity index (χ4v) is 4.21. The van der Waals surface area contributed by atoms with E-state index in [1.54, 1.807) is 4.68 Å². The molecule has 3 heterocycles. The summed E-state index contributed by atoms with van der Waals surface area (Å²) in [6.07, 6.45) is 1.99. The molecule has 7 nitrogen and oxygen atoms in total. The van der Waals surface area contributed by atoms with E-state index in [1.165, 1.54) is 6.07 Å². The largest absolute Gasteiger partial charge is 0.337 e. The molecule has 2 aliphatic heterocycles. The van der Waals surface area contributed by atoms with Gasteiger partial charge in [-0.25, -0.2) is 18.4 Å². The van der Waals surface area contributed by atoms with Gasteiger partial charge >= 0.3 is 0 Å². The van der Waals surface area contributed by atoms with Crippen molar-refractivity contribution in [1.82, 2.24) is 20.1 Å². The molecule has 31 heavy (non-hydrogen) atoms. The predicted octanol–water partition coefficient (Wildman–Crippen LogP) is 2.78. The van der Waals surface area contributed by atoms with Gasteiger partial charge in [-0.05, 0) is 36.5 Å². The number of carbonyl (C=O) groups is 2. The number of rotatable bonds is 3. The van der Waals surface area contributed by atoms with E-state index in [4.69, 9.17) is 0 Å².